The minimum atomic E-state index is -0.164. The number of rotatable bonds is 6. The van der Waals surface area contributed by atoms with Gasteiger partial charge in [0.25, 0.3) is 5.91 Å². The van der Waals surface area contributed by atoms with Crippen molar-refractivity contribution in [3.63, 3.8) is 0 Å². The molecular formula is C22H24ClN3O2. The summed E-state index contributed by atoms with van der Waals surface area (Å²) in [4.78, 5) is 12.9. The van der Waals surface area contributed by atoms with Crippen molar-refractivity contribution in [2.24, 2.45) is 5.92 Å². The minimum Gasteiger partial charge on any atom is -0.497 e. The van der Waals surface area contributed by atoms with E-state index in [1.165, 1.54) is 0 Å². The van der Waals surface area contributed by atoms with E-state index in [1.807, 2.05) is 43.3 Å². The Morgan fingerprint density at radius 1 is 1.07 bits per heavy atom. The van der Waals surface area contributed by atoms with E-state index in [0.717, 1.165) is 17.0 Å². The van der Waals surface area contributed by atoms with Crippen LogP contribution in [0.2, 0.25) is 5.02 Å². The molecule has 1 unspecified atom stereocenters. The minimum absolute atomic E-state index is 0.0468. The molecule has 1 amide bonds. The number of hydrogen-bond donors (Lipinski definition) is 1. The van der Waals surface area contributed by atoms with Crippen molar-refractivity contribution in [2.45, 2.75) is 26.8 Å². The van der Waals surface area contributed by atoms with Gasteiger partial charge in [-0.15, -0.1) is 0 Å². The van der Waals surface area contributed by atoms with Crippen LogP contribution in [-0.2, 0) is 0 Å². The van der Waals surface area contributed by atoms with Gasteiger partial charge in [0.05, 0.1) is 18.5 Å². The Hall–Kier alpha value is -2.79. The van der Waals surface area contributed by atoms with Gasteiger partial charge in [-0.1, -0.05) is 25.4 Å². The molecule has 3 rings (SSSR count). The third-order valence-corrected chi connectivity index (χ3v) is 5.01. The molecule has 1 heterocycles. The van der Waals surface area contributed by atoms with Gasteiger partial charge in [0.2, 0.25) is 0 Å². The van der Waals surface area contributed by atoms with Crippen LogP contribution in [0.15, 0.2) is 54.6 Å². The quantitative estimate of drug-likeness (QED) is 0.638. The summed E-state index contributed by atoms with van der Waals surface area (Å²) >= 11 is 6.01. The molecule has 0 fully saturated rings. The second-order valence-electron chi connectivity index (χ2n) is 7.04. The number of hydrogen-bond acceptors (Lipinski definition) is 3. The van der Waals surface area contributed by atoms with Gasteiger partial charge in [-0.2, -0.15) is 5.10 Å². The first-order valence-corrected chi connectivity index (χ1v) is 9.58. The van der Waals surface area contributed by atoms with Crippen LogP contribution >= 0.6 is 11.6 Å². The highest BCUT2D eigenvalue weighted by Gasteiger charge is 2.20. The molecule has 5 nitrogen and oxygen atoms in total. The number of amides is 1. The van der Waals surface area contributed by atoms with Crippen molar-refractivity contribution < 1.29 is 9.53 Å². The monoisotopic (exact) mass is 397 g/mol. The average molecular weight is 398 g/mol. The van der Waals surface area contributed by atoms with Crippen molar-refractivity contribution in [1.29, 1.82) is 0 Å². The lowest BCUT2D eigenvalue weighted by atomic mass is 10.1. The van der Waals surface area contributed by atoms with Crippen molar-refractivity contribution in [2.75, 3.05) is 7.11 Å². The SMILES string of the molecule is COc1ccc(-c2cc(C(=O)NC(C)C(C)C)n(-c3ccc(Cl)cc3)n2)cc1. The summed E-state index contributed by atoms with van der Waals surface area (Å²) in [7, 11) is 1.63. The standard InChI is InChI=1S/C22H24ClN3O2/c1-14(2)15(3)24-22(27)21-13-20(16-5-11-19(28-4)12-6-16)25-26(21)18-9-7-17(23)8-10-18/h5-15H,1-4H3,(H,24,27). The fraction of sp³-hybridized carbons (Fsp3) is 0.273. The number of ether oxygens (including phenoxy) is 1. The molecule has 1 atom stereocenters. The molecule has 0 saturated heterocycles. The Morgan fingerprint density at radius 3 is 2.29 bits per heavy atom. The van der Waals surface area contributed by atoms with Gasteiger partial charge >= 0.3 is 0 Å². The molecule has 1 N–H and O–H groups in total. The molecule has 146 valence electrons. The molecule has 6 heteroatoms. The summed E-state index contributed by atoms with van der Waals surface area (Å²) in [5.74, 6) is 0.935. The molecule has 3 aromatic rings. The van der Waals surface area contributed by atoms with E-state index in [-0.39, 0.29) is 11.9 Å². The van der Waals surface area contributed by atoms with E-state index >= 15 is 0 Å². The van der Waals surface area contributed by atoms with Gasteiger partial charge in [0.1, 0.15) is 11.4 Å². The summed E-state index contributed by atoms with van der Waals surface area (Å²) in [6.45, 7) is 6.14. The van der Waals surface area contributed by atoms with E-state index in [1.54, 1.807) is 30.0 Å². The Bertz CT molecular complexity index is 947. The molecule has 0 saturated carbocycles. The highest BCUT2D eigenvalue weighted by molar-refractivity contribution is 6.30. The molecule has 0 aliphatic rings. The largest absolute Gasteiger partial charge is 0.497 e. The number of halogens is 1. The van der Waals surface area contributed by atoms with Crippen LogP contribution in [0.25, 0.3) is 16.9 Å². The molecule has 0 aliphatic heterocycles. The van der Waals surface area contributed by atoms with E-state index in [2.05, 4.69) is 24.3 Å². The van der Waals surface area contributed by atoms with Crippen molar-refractivity contribution in [3.05, 3.63) is 65.3 Å². The highest BCUT2D eigenvalue weighted by atomic mass is 35.5. The van der Waals surface area contributed by atoms with Gasteiger partial charge in [0, 0.05) is 16.6 Å². The number of benzene rings is 2. The number of methoxy groups -OCH3 is 1. The van der Waals surface area contributed by atoms with Crippen LogP contribution in [0, 0.1) is 5.92 Å². The van der Waals surface area contributed by atoms with Gasteiger partial charge in [-0.3, -0.25) is 4.79 Å². The maximum Gasteiger partial charge on any atom is 0.270 e. The topological polar surface area (TPSA) is 56.1 Å². The molecule has 28 heavy (non-hydrogen) atoms. The molecular weight excluding hydrogens is 374 g/mol. The molecule has 2 aromatic carbocycles. The molecule has 0 aliphatic carbocycles. The van der Waals surface area contributed by atoms with E-state index in [9.17, 15) is 4.79 Å². The Kier molecular flexibility index (Phi) is 6.05. The fourth-order valence-electron chi connectivity index (χ4n) is 2.67. The Balaban J connectivity index is 2.03. The summed E-state index contributed by atoms with van der Waals surface area (Å²) < 4.78 is 6.87. The van der Waals surface area contributed by atoms with Gasteiger partial charge in [-0.05, 0) is 67.4 Å². The zero-order valence-corrected chi connectivity index (χ0v) is 17.2. The Morgan fingerprint density at radius 2 is 1.71 bits per heavy atom. The third kappa shape index (κ3) is 4.37. The highest BCUT2D eigenvalue weighted by Crippen LogP contribution is 2.25. The third-order valence-electron chi connectivity index (χ3n) is 4.76. The number of nitrogens with one attached hydrogen (secondary N) is 1. The predicted octanol–water partition coefficient (Wildman–Crippen LogP) is 4.98. The first-order valence-electron chi connectivity index (χ1n) is 9.20. The number of carbonyl (C=O) groups is 1. The van der Waals surface area contributed by atoms with Gasteiger partial charge in [0.15, 0.2) is 0 Å². The smallest absolute Gasteiger partial charge is 0.270 e. The van der Waals surface area contributed by atoms with Crippen LogP contribution in [0.4, 0.5) is 0 Å². The zero-order valence-electron chi connectivity index (χ0n) is 16.4. The van der Waals surface area contributed by atoms with Gasteiger partial charge < -0.3 is 10.1 Å². The lowest BCUT2D eigenvalue weighted by molar-refractivity contribution is 0.0922. The summed E-state index contributed by atoms with van der Waals surface area (Å²) in [6, 6.07) is 16.7. The van der Waals surface area contributed by atoms with E-state index in [0.29, 0.717) is 22.3 Å². The van der Waals surface area contributed by atoms with Crippen molar-refractivity contribution >= 4 is 17.5 Å². The van der Waals surface area contributed by atoms with Crippen LogP contribution in [0.3, 0.4) is 0 Å². The van der Waals surface area contributed by atoms with Crippen LogP contribution < -0.4 is 10.1 Å². The summed E-state index contributed by atoms with van der Waals surface area (Å²) in [5.41, 5.74) is 2.85. The molecule has 0 bridgehead atoms. The molecule has 0 spiro atoms. The molecule has 1 aromatic heterocycles. The zero-order chi connectivity index (χ0) is 20.3. The van der Waals surface area contributed by atoms with Crippen LogP contribution in [0.1, 0.15) is 31.3 Å². The summed E-state index contributed by atoms with van der Waals surface area (Å²) in [5, 5.41) is 8.37. The Labute approximate surface area is 170 Å². The maximum atomic E-state index is 12.9. The van der Waals surface area contributed by atoms with E-state index < -0.39 is 0 Å². The number of aromatic nitrogens is 2. The maximum absolute atomic E-state index is 12.9. The lowest BCUT2D eigenvalue weighted by Crippen LogP contribution is -2.37. The lowest BCUT2D eigenvalue weighted by Gasteiger charge is -2.17. The van der Waals surface area contributed by atoms with Crippen LogP contribution in [-0.4, -0.2) is 28.8 Å². The first-order chi connectivity index (χ1) is 13.4. The molecule has 0 radical (unpaired) electrons. The summed E-state index contributed by atoms with van der Waals surface area (Å²) in [6.07, 6.45) is 0. The normalized spacial score (nSPS) is 12.1. The second-order valence-corrected chi connectivity index (χ2v) is 7.47. The predicted molar refractivity (Wildman–Crippen MR) is 112 cm³/mol. The van der Waals surface area contributed by atoms with Crippen molar-refractivity contribution in [3.8, 4) is 22.7 Å². The fourth-order valence-corrected chi connectivity index (χ4v) is 2.80. The average Bonchev–Trinajstić information content (AvgIpc) is 3.14. The number of nitrogens with zero attached hydrogens (tertiary/aromatic N) is 2. The van der Waals surface area contributed by atoms with Crippen LogP contribution in [0.5, 0.6) is 5.75 Å². The van der Waals surface area contributed by atoms with Crippen molar-refractivity contribution in [1.82, 2.24) is 15.1 Å². The van der Waals surface area contributed by atoms with E-state index in [4.69, 9.17) is 16.3 Å². The first kappa shape index (κ1) is 20.0. The van der Waals surface area contributed by atoms with Gasteiger partial charge in [-0.25, -0.2) is 4.68 Å². The number of carbonyl (C=O) groups excluding carboxylic acids is 1. The second kappa shape index (κ2) is 8.48.